The van der Waals surface area contributed by atoms with Crippen molar-refractivity contribution in [3.8, 4) is 45.4 Å². The van der Waals surface area contributed by atoms with Gasteiger partial charge in [-0.2, -0.15) is 0 Å². The van der Waals surface area contributed by atoms with Crippen molar-refractivity contribution in [2.24, 2.45) is 0 Å². The third kappa shape index (κ3) is 7.44. The van der Waals surface area contributed by atoms with Crippen LogP contribution in [-0.4, -0.2) is 77.9 Å². The molecule has 2 unspecified atom stereocenters. The number of rotatable bonds is 13. The summed E-state index contributed by atoms with van der Waals surface area (Å²) in [7, 11) is 3.08. The van der Waals surface area contributed by atoms with Crippen molar-refractivity contribution in [3.05, 3.63) is 70.2 Å². The Morgan fingerprint density at radius 2 is 1.31 bits per heavy atom. The quantitative estimate of drug-likeness (QED) is 0.159. The molecule has 6 rings (SSSR count). The summed E-state index contributed by atoms with van der Waals surface area (Å²) in [4.78, 5) is 41.3. The first-order valence-electron chi connectivity index (χ1n) is 15.4. The summed E-state index contributed by atoms with van der Waals surface area (Å²) in [6.45, 7) is 2.26. The summed E-state index contributed by atoms with van der Waals surface area (Å²) in [5, 5.41) is 13.1. The molecule has 4 aromatic rings. The number of nitrogens with one attached hydrogen (secondary N) is 4. The van der Waals surface area contributed by atoms with E-state index in [-0.39, 0.29) is 18.0 Å². The molecule has 2 atom stereocenters. The number of ether oxygens (including phenoxy) is 3. The zero-order valence-corrected chi connectivity index (χ0v) is 27.8. The molecule has 2 fully saturated rings. The molecule has 48 heavy (non-hydrogen) atoms. The summed E-state index contributed by atoms with van der Waals surface area (Å²) in [6.07, 6.45) is 4.24. The van der Waals surface area contributed by atoms with Gasteiger partial charge in [0, 0.05) is 60.9 Å². The van der Waals surface area contributed by atoms with Crippen LogP contribution in [0.5, 0.6) is 11.8 Å². The summed E-state index contributed by atoms with van der Waals surface area (Å²) >= 11 is 14.0. The van der Waals surface area contributed by atoms with Crippen molar-refractivity contribution in [3.63, 3.8) is 0 Å². The predicted molar refractivity (Wildman–Crippen MR) is 180 cm³/mol. The minimum Gasteiger partial charge on any atom is -0.480 e. The van der Waals surface area contributed by atoms with Crippen LogP contribution in [-0.2, 0) is 22.6 Å². The molecule has 0 saturated carbocycles. The zero-order valence-electron chi connectivity index (χ0n) is 26.3. The molecule has 13 nitrogen and oxygen atoms in total. The fraction of sp³-hybridized carbons (Fsp3) is 0.333. The molecular weight excluding hydrogens is 659 g/mol. The van der Waals surface area contributed by atoms with Gasteiger partial charge in [-0.1, -0.05) is 59.6 Å². The molecule has 0 spiro atoms. The highest BCUT2D eigenvalue weighted by molar-refractivity contribution is 6.39. The van der Waals surface area contributed by atoms with Gasteiger partial charge in [0.2, 0.25) is 17.7 Å². The van der Waals surface area contributed by atoms with Gasteiger partial charge in [0.25, 0.3) is 0 Å². The van der Waals surface area contributed by atoms with Gasteiger partial charge in [0.1, 0.15) is 18.0 Å². The summed E-state index contributed by atoms with van der Waals surface area (Å²) < 4.78 is 16.0. The lowest BCUT2D eigenvalue weighted by Gasteiger charge is -2.15. The van der Waals surface area contributed by atoms with E-state index in [0.29, 0.717) is 106 Å². The number of alkyl carbamates (subject to hydrolysis) is 1. The predicted octanol–water partition coefficient (Wildman–Crippen LogP) is 4.16. The normalized spacial score (nSPS) is 17.2. The van der Waals surface area contributed by atoms with Gasteiger partial charge < -0.3 is 35.5 Å². The number of nitrogens with zero attached hydrogens (tertiary/aromatic N) is 4. The van der Waals surface area contributed by atoms with Crippen LogP contribution in [0.3, 0.4) is 0 Å². The van der Waals surface area contributed by atoms with Crippen molar-refractivity contribution < 1.29 is 23.8 Å². The van der Waals surface area contributed by atoms with Crippen molar-refractivity contribution in [2.75, 3.05) is 33.9 Å². The summed E-state index contributed by atoms with van der Waals surface area (Å²) in [6, 6.07) is 11.3. The molecule has 2 aliphatic heterocycles. The zero-order chi connectivity index (χ0) is 33.6. The first-order valence-corrected chi connectivity index (χ1v) is 16.1. The van der Waals surface area contributed by atoms with Crippen LogP contribution < -0.4 is 30.7 Å². The Morgan fingerprint density at radius 1 is 0.792 bits per heavy atom. The Balaban J connectivity index is 1.20. The number of hydrogen-bond acceptors (Lipinski definition) is 11. The molecule has 0 aliphatic carbocycles. The number of hydrogen-bond donors (Lipinski definition) is 4. The lowest BCUT2D eigenvalue weighted by Crippen LogP contribution is -2.36. The van der Waals surface area contributed by atoms with Crippen molar-refractivity contribution in [1.82, 2.24) is 41.2 Å². The van der Waals surface area contributed by atoms with Crippen LogP contribution in [0.15, 0.2) is 48.8 Å². The summed E-state index contributed by atoms with van der Waals surface area (Å²) in [5.41, 5.74) is 5.04. The lowest BCUT2D eigenvalue weighted by molar-refractivity contribution is -0.119. The molecule has 4 heterocycles. The maximum Gasteiger partial charge on any atom is 0.407 e. The minimum absolute atomic E-state index is 0.0769. The van der Waals surface area contributed by atoms with E-state index in [0.717, 1.165) is 6.42 Å². The van der Waals surface area contributed by atoms with E-state index in [1.807, 2.05) is 36.4 Å². The Bertz CT molecular complexity index is 1700. The van der Waals surface area contributed by atoms with E-state index >= 15 is 0 Å². The van der Waals surface area contributed by atoms with Gasteiger partial charge in [-0.25, -0.2) is 14.8 Å². The first kappa shape index (κ1) is 33.3. The van der Waals surface area contributed by atoms with Gasteiger partial charge in [-0.3, -0.25) is 14.8 Å². The molecule has 2 aromatic heterocycles. The molecule has 2 saturated heterocycles. The molecule has 15 heteroatoms. The third-order valence-corrected chi connectivity index (χ3v) is 8.85. The van der Waals surface area contributed by atoms with E-state index in [2.05, 4.69) is 36.2 Å². The van der Waals surface area contributed by atoms with E-state index in [1.54, 1.807) is 19.5 Å². The average molecular weight is 694 g/mol. The number of amides is 2. The van der Waals surface area contributed by atoms with Gasteiger partial charge in [-0.15, -0.1) is 0 Å². The van der Waals surface area contributed by atoms with Gasteiger partial charge in [0.15, 0.2) is 0 Å². The monoisotopic (exact) mass is 692 g/mol. The molecule has 0 radical (unpaired) electrons. The Labute approximate surface area is 287 Å². The third-order valence-electron chi connectivity index (χ3n) is 8.04. The van der Waals surface area contributed by atoms with Crippen LogP contribution in [0.25, 0.3) is 33.6 Å². The Morgan fingerprint density at radius 3 is 1.77 bits per heavy atom. The Kier molecular flexibility index (Phi) is 10.5. The number of halogens is 2. The van der Waals surface area contributed by atoms with Crippen molar-refractivity contribution >= 4 is 35.2 Å². The maximum absolute atomic E-state index is 11.5. The molecular formula is C33H34Cl2N8O5. The molecule has 4 N–H and O–H groups in total. The van der Waals surface area contributed by atoms with Crippen LogP contribution in [0, 0.1) is 0 Å². The van der Waals surface area contributed by atoms with E-state index < -0.39 is 6.09 Å². The second-order valence-corrected chi connectivity index (χ2v) is 12.0. The van der Waals surface area contributed by atoms with Crippen LogP contribution >= 0.6 is 23.2 Å². The van der Waals surface area contributed by atoms with Gasteiger partial charge >= 0.3 is 6.09 Å². The maximum atomic E-state index is 11.5. The van der Waals surface area contributed by atoms with Crippen molar-refractivity contribution in [2.45, 2.75) is 38.0 Å². The van der Waals surface area contributed by atoms with Crippen molar-refractivity contribution in [1.29, 1.82) is 0 Å². The van der Waals surface area contributed by atoms with Crippen LogP contribution in [0.4, 0.5) is 4.79 Å². The van der Waals surface area contributed by atoms with E-state index in [1.165, 1.54) is 7.11 Å². The minimum atomic E-state index is -0.420. The van der Waals surface area contributed by atoms with Gasteiger partial charge in [0.05, 0.1) is 54.1 Å². The number of cyclic esters (lactones) is 1. The average Bonchev–Trinajstić information content (AvgIpc) is 3.72. The number of carbonyl (C=O) groups is 2. The number of benzene rings is 2. The standard InChI is InChI=1S/C33H34Cl2N8O5/c1-46-31-26(13-36-11-18-9-10-28(44)40-18)38-15-24(42-31)22-7-3-5-20(29(22)34)21-6-4-8-23(30(21)35)25-16-39-27(32(43-25)47-2)14-37-12-19-17-48-33(45)41-19/h3-8,15-16,18-19,36-37H,9-14,17H2,1-2H3,(H,40,44)(H,41,45). The SMILES string of the molecule is COc1nc(-c2cccc(-c3cccc(-c4cnc(CNCC5COC(=O)N5)c(OC)n4)c3Cl)c2Cl)cnc1CNCC1CCC(=O)N1. The molecule has 0 bridgehead atoms. The fourth-order valence-corrected chi connectivity index (χ4v) is 6.24. The highest BCUT2D eigenvalue weighted by Crippen LogP contribution is 2.42. The molecule has 2 amide bonds. The number of carbonyl (C=O) groups excluding carboxylic acids is 2. The second-order valence-electron chi connectivity index (χ2n) is 11.3. The van der Waals surface area contributed by atoms with E-state index in [4.69, 9.17) is 42.4 Å². The number of methoxy groups -OCH3 is 2. The Hall–Kier alpha value is -4.56. The molecule has 250 valence electrons. The first-order chi connectivity index (χ1) is 23.3. The smallest absolute Gasteiger partial charge is 0.407 e. The second kappa shape index (κ2) is 15.1. The largest absolute Gasteiger partial charge is 0.480 e. The highest BCUT2D eigenvalue weighted by atomic mass is 35.5. The fourth-order valence-electron chi connectivity index (χ4n) is 5.60. The van der Waals surface area contributed by atoms with Gasteiger partial charge in [-0.05, 0) is 6.42 Å². The van der Waals surface area contributed by atoms with E-state index in [9.17, 15) is 9.59 Å². The van der Waals surface area contributed by atoms with Crippen LogP contribution in [0.1, 0.15) is 24.2 Å². The topological polar surface area (TPSA) is 162 Å². The number of aromatic nitrogens is 4. The molecule has 2 aromatic carbocycles. The highest BCUT2D eigenvalue weighted by Gasteiger charge is 2.23. The lowest BCUT2D eigenvalue weighted by atomic mass is 9.98. The summed E-state index contributed by atoms with van der Waals surface area (Å²) in [5.74, 6) is 0.806. The van der Waals surface area contributed by atoms with Crippen LogP contribution in [0.2, 0.25) is 10.0 Å². The molecule has 2 aliphatic rings.